The summed E-state index contributed by atoms with van der Waals surface area (Å²) < 4.78 is 36.8. The quantitative estimate of drug-likeness (QED) is 0.876. The molecule has 0 atom stereocenters. The minimum absolute atomic E-state index is 0.143. The lowest BCUT2D eigenvalue weighted by molar-refractivity contribution is 0.402. The maximum absolute atomic E-state index is 12.1. The molecule has 0 aliphatic heterocycles. The summed E-state index contributed by atoms with van der Waals surface area (Å²) in [5.41, 5.74) is 0.947. The van der Waals surface area contributed by atoms with Crippen molar-refractivity contribution in [2.75, 3.05) is 13.7 Å². The molecule has 0 radical (unpaired) electrons. The molecule has 19 heavy (non-hydrogen) atoms. The molecule has 102 valence electrons. The zero-order chi connectivity index (χ0) is 13.7. The van der Waals surface area contributed by atoms with Gasteiger partial charge >= 0.3 is 0 Å². The van der Waals surface area contributed by atoms with Crippen LogP contribution in [0, 0.1) is 0 Å². The average molecular weight is 281 g/mol. The fraction of sp³-hybridized carbons (Fsp3) is 0.231. The summed E-state index contributed by atoms with van der Waals surface area (Å²) in [5.74, 6) is 0.332. The largest absolute Gasteiger partial charge is 0.495 e. The van der Waals surface area contributed by atoms with E-state index < -0.39 is 10.0 Å². The van der Waals surface area contributed by atoms with Crippen LogP contribution in [0.25, 0.3) is 0 Å². The van der Waals surface area contributed by atoms with Gasteiger partial charge in [-0.3, -0.25) is 0 Å². The van der Waals surface area contributed by atoms with Crippen LogP contribution >= 0.6 is 0 Å². The van der Waals surface area contributed by atoms with Gasteiger partial charge in [0.2, 0.25) is 10.0 Å². The highest BCUT2D eigenvalue weighted by atomic mass is 32.2. The lowest BCUT2D eigenvalue weighted by Crippen LogP contribution is -2.26. The predicted octanol–water partition coefficient (Wildman–Crippen LogP) is 1.81. The average Bonchev–Trinajstić information content (AvgIpc) is 2.91. The molecule has 2 aromatic rings. The first-order chi connectivity index (χ1) is 9.13. The van der Waals surface area contributed by atoms with Crippen LogP contribution in [0.15, 0.2) is 52.2 Å². The Morgan fingerprint density at radius 3 is 2.74 bits per heavy atom. The van der Waals surface area contributed by atoms with Gasteiger partial charge in [-0.05, 0) is 30.2 Å². The number of benzene rings is 1. The Bertz CT molecular complexity index is 620. The minimum Gasteiger partial charge on any atom is -0.495 e. The Labute approximate surface area is 112 Å². The molecule has 0 fully saturated rings. The number of sulfonamides is 1. The SMILES string of the molecule is COc1ccccc1S(=O)(=O)NCCc1ccoc1. The first kappa shape index (κ1) is 13.6. The maximum atomic E-state index is 12.1. The number of furan rings is 1. The van der Waals surface area contributed by atoms with E-state index >= 15 is 0 Å². The van der Waals surface area contributed by atoms with Crippen LogP contribution in [0.3, 0.4) is 0 Å². The predicted molar refractivity (Wildman–Crippen MR) is 70.6 cm³/mol. The topological polar surface area (TPSA) is 68.5 Å². The Morgan fingerprint density at radius 2 is 2.05 bits per heavy atom. The Hall–Kier alpha value is -1.79. The number of para-hydroxylation sites is 1. The van der Waals surface area contributed by atoms with Crippen LogP contribution in [0.4, 0.5) is 0 Å². The van der Waals surface area contributed by atoms with Crippen molar-refractivity contribution in [3.8, 4) is 5.75 Å². The van der Waals surface area contributed by atoms with Gasteiger partial charge in [-0.1, -0.05) is 12.1 Å². The molecule has 5 nitrogen and oxygen atoms in total. The second-order valence-corrected chi connectivity index (χ2v) is 5.67. The summed E-state index contributed by atoms with van der Waals surface area (Å²) in [4.78, 5) is 0.143. The molecule has 0 saturated heterocycles. The van der Waals surface area contributed by atoms with Gasteiger partial charge in [0.25, 0.3) is 0 Å². The minimum atomic E-state index is -3.56. The van der Waals surface area contributed by atoms with Crippen molar-refractivity contribution < 1.29 is 17.6 Å². The van der Waals surface area contributed by atoms with Crippen LogP contribution in [-0.4, -0.2) is 22.1 Å². The van der Waals surface area contributed by atoms with Gasteiger partial charge in [0, 0.05) is 6.54 Å². The molecule has 0 saturated carbocycles. The summed E-state index contributed by atoms with van der Waals surface area (Å²) in [6.45, 7) is 0.305. The van der Waals surface area contributed by atoms with E-state index in [1.165, 1.54) is 13.2 Å². The fourth-order valence-electron chi connectivity index (χ4n) is 1.68. The molecular formula is C13H15NO4S. The van der Waals surface area contributed by atoms with Crippen LogP contribution in [-0.2, 0) is 16.4 Å². The molecule has 1 heterocycles. The molecule has 1 aromatic heterocycles. The van der Waals surface area contributed by atoms with E-state index in [2.05, 4.69) is 4.72 Å². The number of methoxy groups -OCH3 is 1. The third kappa shape index (κ3) is 3.36. The van der Waals surface area contributed by atoms with E-state index in [-0.39, 0.29) is 4.90 Å². The summed E-state index contributed by atoms with van der Waals surface area (Å²) in [6, 6.07) is 8.32. The van der Waals surface area contributed by atoms with Gasteiger partial charge in [0.1, 0.15) is 10.6 Å². The third-order valence-electron chi connectivity index (χ3n) is 2.64. The van der Waals surface area contributed by atoms with Crippen LogP contribution in [0.2, 0.25) is 0 Å². The van der Waals surface area contributed by atoms with E-state index in [9.17, 15) is 8.42 Å². The summed E-state index contributed by atoms with van der Waals surface area (Å²) >= 11 is 0. The smallest absolute Gasteiger partial charge is 0.244 e. The van der Waals surface area contributed by atoms with Crippen molar-refractivity contribution in [2.24, 2.45) is 0 Å². The summed E-state index contributed by atoms with van der Waals surface area (Å²) in [5, 5.41) is 0. The Kier molecular flexibility index (Phi) is 4.24. The van der Waals surface area contributed by atoms with Crippen LogP contribution in [0.5, 0.6) is 5.75 Å². The lowest BCUT2D eigenvalue weighted by atomic mass is 10.2. The molecule has 0 unspecified atom stereocenters. The van der Waals surface area contributed by atoms with Crippen molar-refractivity contribution in [1.29, 1.82) is 0 Å². The second kappa shape index (κ2) is 5.90. The normalized spacial score (nSPS) is 11.4. The third-order valence-corrected chi connectivity index (χ3v) is 4.14. The Morgan fingerprint density at radius 1 is 1.26 bits per heavy atom. The first-order valence-corrected chi connectivity index (χ1v) is 7.25. The first-order valence-electron chi connectivity index (χ1n) is 5.77. The second-order valence-electron chi connectivity index (χ2n) is 3.93. The summed E-state index contributed by atoms with van der Waals surface area (Å²) in [6.07, 6.45) is 3.73. The van der Waals surface area contributed by atoms with Gasteiger partial charge in [0.05, 0.1) is 19.6 Å². The molecule has 2 rings (SSSR count). The summed E-state index contributed by atoms with van der Waals surface area (Å²) in [7, 11) is -2.12. The molecule has 6 heteroatoms. The number of hydrogen-bond donors (Lipinski definition) is 1. The molecular weight excluding hydrogens is 266 g/mol. The molecule has 0 aliphatic carbocycles. The Balaban J connectivity index is 2.05. The molecule has 0 amide bonds. The molecule has 1 N–H and O–H groups in total. The zero-order valence-corrected chi connectivity index (χ0v) is 11.3. The van der Waals surface area contributed by atoms with Gasteiger partial charge in [-0.15, -0.1) is 0 Å². The highest BCUT2D eigenvalue weighted by molar-refractivity contribution is 7.89. The van der Waals surface area contributed by atoms with Crippen LogP contribution < -0.4 is 9.46 Å². The van der Waals surface area contributed by atoms with E-state index in [0.717, 1.165) is 5.56 Å². The fourth-order valence-corrected chi connectivity index (χ4v) is 2.88. The zero-order valence-electron chi connectivity index (χ0n) is 10.5. The number of hydrogen-bond acceptors (Lipinski definition) is 4. The highest BCUT2D eigenvalue weighted by Crippen LogP contribution is 2.22. The van der Waals surface area contributed by atoms with E-state index in [4.69, 9.17) is 9.15 Å². The van der Waals surface area contributed by atoms with Gasteiger partial charge in [0.15, 0.2) is 0 Å². The van der Waals surface area contributed by atoms with E-state index in [1.807, 2.05) is 0 Å². The van der Waals surface area contributed by atoms with Crippen molar-refractivity contribution in [2.45, 2.75) is 11.3 Å². The van der Waals surface area contributed by atoms with E-state index in [0.29, 0.717) is 18.7 Å². The monoisotopic (exact) mass is 281 g/mol. The van der Waals surface area contributed by atoms with Crippen molar-refractivity contribution in [3.63, 3.8) is 0 Å². The molecule has 1 aromatic carbocycles. The standard InChI is InChI=1S/C13H15NO4S/c1-17-12-4-2-3-5-13(12)19(15,16)14-8-6-11-7-9-18-10-11/h2-5,7,9-10,14H,6,8H2,1H3. The van der Waals surface area contributed by atoms with Crippen molar-refractivity contribution in [1.82, 2.24) is 4.72 Å². The van der Waals surface area contributed by atoms with Gasteiger partial charge in [-0.2, -0.15) is 0 Å². The number of ether oxygens (including phenoxy) is 1. The van der Waals surface area contributed by atoms with E-state index in [1.54, 1.807) is 36.8 Å². The van der Waals surface area contributed by atoms with Crippen molar-refractivity contribution in [3.05, 3.63) is 48.4 Å². The highest BCUT2D eigenvalue weighted by Gasteiger charge is 2.18. The number of rotatable bonds is 6. The number of nitrogens with one attached hydrogen (secondary N) is 1. The van der Waals surface area contributed by atoms with Gasteiger partial charge < -0.3 is 9.15 Å². The molecule has 0 spiro atoms. The molecule has 0 aliphatic rings. The molecule has 0 bridgehead atoms. The van der Waals surface area contributed by atoms with Crippen molar-refractivity contribution >= 4 is 10.0 Å². The maximum Gasteiger partial charge on any atom is 0.244 e. The van der Waals surface area contributed by atoms with Gasteiger partial charge in [-0.25, -0.2) is 13.1 Å². The van der Waals surface area contributed by atoms with Crippen LogP contribution in [0.1, 0.15) is 5.56 Å². The lowest BCUT2D eigenvalue weighted by Gasteiger charge is -2.09.